The molecular weight excluding hydrogens is 324 g/mol. The van der Waals surface area contributed by atoms with Crippen molar-refractivity contribution in [3.8, 4) is 0 Å². The normalized spacial score (nSPS) is 32.2. The molecule has 0 N–H and O–H groups in total. The van der Waals surface area contributed by atoms with E-state index < -0.39 is 0 Å². The minimum Gasteiger partial charge on any atom is -0.375 e. The molecule has 1 aromatic rings. The first-order chi connectivity index (χ1) is 12.7. The van der Waals surface area contributed by atoms with Crippen LogP contribution in [0, 0.1) is 0 Å². The lowest BCUT2D eigenvalue weighted by Crippen LogP contribution is -2.58. The summed E-state index contributed by atoms with van der Waals surface area (Å²) in [7, 11) is 2.02. The minimum absolute atomic E-state index is 0.0904. The highest BCUT2D eigenvalue weighted by Crippen LogP contribution is 2.42. The fourth-order valence-electron chi connectivity index (χ4n) is 5.31. The average Bonchev–Trinajstić information content (AvgIpc) is 3.34. The fraction of sp³-hybridized carbons (Fsp3) is 0.682. The van der Waals surface area contributed by atoms with E-state index in [9.17, 15) is 4.79 Å². The van der Waals surface area contributed by atoms with Crippen LogP contribution in [0.25, 0.3) is 0 Å². The Bertz CT molecular complexity index is 606. The number of rotatable bonds is 4. The van der Waals surface area contributed by atoms with Gasteiger partial charge in [0.2, 0.25) is 5.91 Å². The first-order valence-electron chi connectivity index (χ1n) is 10.3. The van der Waals surface area contributed by atoms with Crippen molar-refractivity contribution in [3.05, 3.63) is 35.9 Å². The Hall–Kier alpha value is -1.39. The minimum atomic E-state index is 0.0904. The third-order valence-corrected chi connectivity index (χ3v) is 6.80. The summed E-state index contributed by atoms with van der Waals surface area (Å²) in [4.78, 5) is 17.7. The summed E-state index contributed by atoms with van der Waals surface area (Å²) < 4.78 is 6.23. The van der Waals surface area contributed by atoms with Gasteiger partial charge in [-0.05, 0) is 63.6 Å². The van der Waals surface area contributed by atoms with E-state index in [1.807, 2.05) is 37.4 Å². The Morgan fingerprint density at radius 3 is 2.65 bits per heavy atom. The smallest absolute Gasteiger partial charge is 0.227 e. The molecule has 4 rings (SSSR count). The van der Waals surface area contributed by atoms with Crippen LogP contribution in [0.4, 0.5) is 0 Å². The summed E-state index contributed by atoms with van der Waals surface area (Å²) in [6.07, 6.45) is 8.75. The molecule has 142 valence electrons. The van der Waals surface area contributed by atoms with Gasteiger partial charge in [-0.1, -0.05) is 30.3 Å². The average molecular weight is 357 g/mol. The van der Waals surface area contributed by atoms with E-state index in [1.54, 1.807) is 0 Å². The van der Waals surface area contributed by atoms with Crippen molar-refractivity contribution in [1.29, 1.82) is 0 Å². The van der Waals surface area contributed by atoms with Gasteiger partial charge in [0, 0.05) is 25.7 Å². The van der Waals surface area contributed by atoms with Gasteiger partial charge in [0.05, 0.1) is 12.0 Å². The van der Waals surface area contributed by atoms with Crippen molar-refractivity contribution in [3.63, 3.8) is 0 Å². The van der Waals surface area contributed by atoms with Crippen LogP contribution in [0.2, 0.25) is 0 Å². The predicted molar refractivity (Wildman–Crippen MR) is 103 cm³/mol. The maximum Gasteiger partial charge on any atom is 0.227 e. The molecule has 1 aliphatic carbocycles. The second-order valence-electron chi connectivity index (χ2n) is 8.42. The molecule has 3 aliphatic rings. The molecule has 4 nitrogen and oxygen atoms in total. The number of carbonyl (C=O) groups excluding carboxylic acids is 1. The predicted octanol–water partition coefficient (Wildman–Crippen LogP) is 3.25. The van der Waals surface area contributed by atoms with Crippen LogP contribution < -0.4 is 0 Å². The number of hydrogen-bond acceptors (Lipinski definition) is 3. The molecule has 2 aliphatic heterocycles. The number of likely N-dealkylation sites (tertiary alicyclic amines) is 1. The van der Waals surface area contributed by atoms with Crippen LogP contribution in [0.1, 0.15) is 50.5 Å². The van der Waals surface area contributed by atoms with Crippen molar-refractivity contribution in [2.45, 2.75) is 69.1 Å². The van der Waals surface area contributed by atoms with Gasteiger partial charge < -0.3 is 9.64 Å². The topological polar surface area (TPSA) is 32.8 Å². The van der Waals surface area contributed by atoms with Crippen LogP contribution in [-0.2, 0) is 16.0 Å². The summed E-state index contributed by atoms with van der Waals surface area (Å²) in [6.45, 7) is 3.27. The third kappa shape index (κ3) is 3.67. The van der Waals surface area contributed by atoms with Gasteiger partial charge in [0.1, 0.15) is 0 Å². The molecule has 0 aromatic heterocycles. The van der Waals surface area contributed by atoms with E-state index in [-0.39, 0.29) is 11.5 Å². The maximum absolute atomic E-state index is 13.0. The molecule has 0 unspecified atom stereocenters. The first kappa shape index (κ1) is 18.0. The second kappa shape index (κ2) is 7.69. The standard InChI is InChI=1S/C22H32N2O2/c1-23(21(25)16-18-8-3-2-4-9-18)19-10-12-22(11-7-15-26-22)17-20(19)24-13-5-6-14-24/h2-4,8-9,19-20H,5-7,10-17H2,1H3/t19-,20-,22+/m0/s1. The van der Waals surface area contributed by atoms with Gasteiger partial charge in [-0.25, -0.2) is 0 Å². The van der Waals surface area contributed by atoms with Gasteiger partial charge in [-0.2, -0.15) is 0 Å². The number of amides is 1. The number of hydrogen-bond donors (Lipinski definition) is 0. The molecule has 1 saturated carbocycles. The van der Waals surface area contributed by atoms with Gasteiger partial charge >= 0.3 is 0 Å². The summed E-state index contributed by atoms with van der Waals surface area (Å²) >= 11 is 0. The molecule has 0 radical (unpaired) electrons. The fourth-order valence-corrected chi connectivity index (χ4v) is 5.31. The largest absolute Gasteiger partial charge is 0.375 e. The molecule has 3 fully saturated rings. The summed E-state index contributed by atoms with van der Waals surface area (Å²) in [5, 5.41) is 0. The third-order valence-electron chi connectivity index (χ3n) is 6.80. The van der Waals surface area contributed by atoms with Gasteiger partial charge in [0.15, 0.2) is 0 Å². The highest BCUT2D eigenvalue weighted by Gasteiger charge is 2.47. The highest BCUT2D eigenvalue weighted by molar-refractivity contribution is 5.79. The first-order valence-corrected chi connectivity index (χ1v) is 10.3. The van der Waals surface area contributed by atoms with E-state index in [0.717, 1.165) is 31.4 Å². The molecule has 2 saturated heterocycles. The molecule has 2 heterocycles. The lowest BCUT2D eigenvalue weighted by molar-refractivity contribution is -0.136. The molecule has 3 atom stereocenters. The van der Waals surface area contributed by atoms with Gasteiger partial charge in [0.25, 0.3) is 0 Å². The molecule has 26 heavy (non-hydrogen) atoms. The highest BCUT2D eigenvalue weighted by atomic mass is 16.5. The van der Waals surface area contributed by atoms with Crippen LogP contribution in [-0.4, -0.2) is 60.1 Å². The van der Waals surface area contributed by atoms with Crippen LogP contribution in [0.5, 0.6) is 0 Å². The maximum atomic E-state index is 13.0. The van der Waals surface area contributed by atoms with E-state index in [2.05, 4.69) is 9.80 Å². The van der Waals surface area contributed by atoms with E-state index in [1.165, 1.54) is 38.8 Å². The zero-order valence-electron chi connectivity index (χ0n) is 16.0. The monoisotopic (exact) mass is 356 g/mol. The molecule has 1 amide bonds. The molecular formula is C22H32N2O2. The van der Waals surface area contributed by atoms with Gasteiger partial charge in [-0.3, -0.25) is 9.69 Å². The van der Waals surface area contributed by atoms with E-state index in [4.69, 9.17) is 4.74 Å². The molecule has 1 aromatic carbocycles. The lowest BCUT2D eigenvalue weighted by atomic mass is 9.76. The Balaban J connectivity index is 1.48. The zero-order chi connectivity index (χ0) is 18.0. The quantitative estimate of drug-likeness (QED) is 0.830. The Morgan fingerprint density at radius 2 is 1.96 bits per heavy atom. The van der Waals surface area contributed by atoms with Crippen molar-refractivity contribution >= 4 is 5.91 Å². The summed E-state index contributed by atoms with van der Waals surface area (Å²) in [6, 6.07) is 10.9. The van der Waals surface area contributed by atoms with Crippen molar-refractivity contribution < 1.29 is 9.53 Å². The lowest BCUT2D eigenvalue weighted by Gasteiger charge is -2.48. The van der Waals surface area contributed by atoms with Gasteiger partial charge in [-0.15, -0.1) is 0 Å². The Kier molecular flexibility index (Phi) is 5.32. The number of ether oxygens (including phenoxy) is 1. The number of benzene rings is 1. The van der Waals surface area contributed by atoms with Crippen LogP contribution >= 0.6 is 0 Å². The van der Waals surface area contributed by atoms with E-state index >= 15 is 0 Å². The Morgan fingerprint density at radius 1 is 1.19 bits per heavy atom. The van der Waals surface area contributed by atoms with Crippen molar-refractivity contribution in [1.82, 2.24) is 9.80 Å². The molecule has 0 bridgehead atoms. The molecule has 1 spiro atoms. The number of carbonyl (C=O) groups is 1. The second-order valence-corrected chi connectivity index (χ2v) is 8.42. The van der Waals surface area contributed by atoms with Crippen molar-refractivity contribution in [2.24, 2.45) is 0 Å². The molecule has 4 heteroatoms. The SMILES string of the molecule is CN(C(=O)Cc1ccccc1)[C@H]1CC[C@]2(CCCO2)C[C@@H]1N1CCCC1. The van der Waals surface area contributed by atoms with Crippen molar-refractivity contribution in [2.75, 3.05) is 26.7 Å². The Labute approximate surface area is 157 Å². The van der Waals surface area contributed by atoms with E-state index in [0.29, 0.717) is 18.5 Å². The van der Waals surface area contributed by atoms with Crippen LogP contribution in [0.15, 0.2) is 30.3 Å². The number of likely N-dealkylation sites (N-methyl/N-ethyl adjacent to an activating group) is 1. The zero-order valence-corrected chi connectivity index (χ0v) is 16.0. The number of nitrogens with zero attached hydrogens (tertiary/aromatic N) is 2. The summed E-state index contributed by atoms with van der Waals surface area (Å²) in [5.41, 5.74) is 1.20. The van der Waals surface area contributed by atoms with Crippen LogP contribution in [0.3, 0.4) is 0 Å². The summed E-state index contributed by atoms with van der Waals surface area (Å²) in [5.74, 6) is 0.244.